The Bertz CT molecular complexity index is 1180. The molecule has 0 spiro atoms. The number of ether oxygens (including phenoxy) is 1. The molecule has 0 radical (unpaired) electrons. The maximum atomic E-state index is 13.1. The van der Waals surface area contributed by atoms with Crippen LogP contribution in [0.1, 0.15) is 33.1 Å². The third-order valence-electron chi connectivity index (χ3n) is 4.79. The molecule has 2 aromatic heterocycles. The normalized spacial score (nSPS) is 10.8. The van der Waals surface area contributed by atoms with Crippen LogP contribution in [0.4, 0.5) is 10.2 Å². The first-order valence-electron chi connectivity index (χ1n) is 9.73. The summed E-state index contributed by atoms with van der Waals surface area (Å²) in [6, 6.07) is 17.4. The van der Waals surface area contributed by atoms with Crippen LogP contribution in [0, 0.1) is 19.7 Å². The van der Waals surface area contributed by atoms with Gasteiger partial charge in [0.1, 0.15) is 23.9 Å². The van der Waals surface area contributed by atoms with Gasteiger partial charge in [0.25, 0.3) is 5.91 Å². The largest absolute Gasteiger partial charge is 0.489 e. The van der Waals surface area contributed by atoms with Gasteiger partial charge < -0.3 is 14.6 Å². The lowest BCUT2D eigenvalue weighted by molar-refractivity contribution is 0.101. The molecule has 2 heterocycles. The Labute approximate surface area is 178 Å². The van der Waals surface area contributed by atoms with Crippen molar-refractivity contribution in [1.29, 1.82) is 0 Å². The van der Waals surface area contributed by atoms with Crippen LogP contribution >= 0.6 is 0 Å². The van der Waals surface area contributed by atoms with Crippen LogP contribution in [-0.2, 0) is 13.2 Å². The first-order chi connectivity index (χ1) is 15.0. The van der Waals surface area contributed by atoms with Crippen molar-refractivity contribution in [3.8, 4) is 5.75 Å². The van der Waals surface area contributed by atoms with E-state index in [1.807, 2.05) is 41.9 Å². The molecule has 0 aliphatic carbocycles. The minimum Gasteiger partial charge on any atom is -0.489 e. The van der Waals surface area contributed by atoms with Gasteiger partial charge >= 0.3 is 0 Å². The molecular weight excluding hydrogens is 399 g/mol. The van der Waals surface area contributed by atoms with Crippen molar-refractivity contribution in [2.24, 2.45) is 0 Å². The SMILES string of the molecule is Cc1onc(C(=O)Nc2cc(C)n(Cc3ccccc3)n2)c1COc1ccc(F)cc1. The smallest absolute Gasteiger partial charge is 0.279 e. The fraction of sp³-hybridized carbons (Fsp3) is 0.174. The van der Waals surface area contributed by atoms with Gasteiger partial charge in [-0.05, 0) is 43.7 Å². The number of anilines is 1. The number of carbonyl (C=O) groups excluding carboxylic acids is 1. The van der Waals surface area contributed by atoms with Crippen molar-refractivity contribution in [1.82, 2.24) is 14.9 Å². The molecule has 1 amide bonds. The fourth-order valence-electron chi connectivity index (χ4n) is 3.09. The Morgan fingerprint density at radius 2 is 1.87 bits per heavy atom. The average Bonchev–Trinajstić information content (AvgIpc) is 3.30. The summed E-state index contributed by atoms with van der Waals surface area (Å²) in [5.41, 5.74) is 2.66. The van der Waals surface area contributed by atoms with Gasteiger partial charge in [-0.15, -0.1) is 0 Å². The van der Waals surface area contributed by atoms with Gasteiger partial charge in [-0.1, -0.05) is 35.5 Å². The van der Waals surface area contributed by atoms with Gasteiger partial charge in [0.2, 0.25) is 0 Å². The Morgan fingerprint density at radius 3 is 2.61 bits per heavy atom. The molecule has 0 fully saturated rings. The molecule has 0 aliphatic rings. The molecule has 0 saturated carbocycles. The van der Waals surface area contributed by atoms with E-state index < -0.39 is 5.91 Å². The van der Waals surface area contributed by atoms with E-state index in [-0.39, 0.29) is 18.1 Å². The van der Waals surface area contributed by atoms with Crippen molar-refractivity contribution in [3.63, 3.8) is 0 Å². The molecule has 2 aromatic carbocycles. The zero-order valence-corrected chi connectivity index (χ0v) is 17.1. The molecule has 4 aromatic rings. The second-order valence-electron chi connectivity index (χ2n) is 7.08. The number of carbonyl (C=O) groups is 1. The zero-order chi connectivity index (χ0) is 21.8. The van der Waals surface area contributed by atoms with Crippen LogP contribution in [0.15, 0.2) is 65.2 Å². The molecule has 0 atom stereocenters. The maximum Gasteiger partial charge on any atom is 0.279 e. The molecular formula is C23H21FN4O3. The molecule has 7 nitrogen and oxygen atoms in total. The third-order valence-corrected chi connectivity index (χ3v) is 4.79. The number of rotatable bonds is 7. The van der Waals surface area contributed by atoms with Gasteiger partial charge in [0.15, 0.2) is 11.5 Å². The van der Waals surface area contributed by atoms with Gasteiger partial charge in [-0.25, -0.2) is 4.39 Å². The highest BCUT2D eigenvalue weighted by Crippen LogP contribution is 2.20. The number of aryl methyl sites for hydroxylation is 2. The predicted octanol–water partition coefficient (Wildman–Crippen LogP) is 4.51. The number of halogens is 1. The van der Waals surface area contributed by atoms with Crippen LogP contribution in [0.2, 0.25) is 0 Å². The van der Waals surface area contributed by atoms with E-state index in [1.165, 1.54) is 24.3 Å². The lowest BCUT2D eigenvalue weighted by Crippen LogP contribution is -2.16. The molecule has 0 aliphatic heterocycles. The van der Waals surface area contributed by atoms with Gasteiger partial charge in [0, 0.05) is 11.8 Å². The lowest BCUT2D eigenvalue weighted by Gasteiger charge is -2.07. The summed E-state index contributed by atoms with van der Waals surface area (Å²) in [5, 5.41) is 11.1. The number of aromatic nitrogens is 3. The summed E-state index contributed by atoms with van der Waals surface area (Å²) in [5.74, 6) is 0.570. The first kappa shape index (κ1) is 20.3. The summed E-state index contributed by atoms with van der Waals surface area (Å²) >= 11 is 0. The van der Waals surface area contributed by atoms with Crippen molar-refractivity contribution in [2.45, 2.75) is 27.0 Å². The summed E-state index contributed by atoms with van der Waals surface area (Å²) in [4.78, 5) is 12.8. The number of nitrogens with zero attached hydrogens (tertiary/aromatic N) is 3. The molecule has 0 saturated heterocycles. The predicted molar refractivity (Wildman–Crippen MR) is 112 cm³/mol. The number of benzene rings is 2. The molecule has 158 valence electrons. The third kappa shape index (κ3) is 4.80. The van der Waals surface area contributed by atoms with Crippen LogP contribution in [0.5, 0.6) is 5.75 Å². The Kier molecular flexibility index (Phi) is 5.79. The lowest BCUT2D eigenvalue weighted by atomic mass is 10.2. The van der Waals surface area contributed by atoms with E-state index in [0.717, 1.165) is 11.3 Å². The topological polar surface area (TPSA) is 82.2 Å². The standard InChI is InChI=1S/C23H21FN4O3/c1-15-12-21(26-28(15)13-17-6-4-3-5-7-17)25-23(29)22-20(16(2)31-27-22)14-30-19-10-8-18(24)9-11-19/h3-12H,13-14H2,1-2H3,(H,25,26,29). The average molecular weight is 420 g/mol. The molecule has 0 bridgehead atoms. The van der Waals surface area contributed by atoms with Gasteiger partial charge in [-0.3, -0.25) is 9.48 Å². The van der Waals surface area contributed by atoms with Crippen LogP contribution in [0.3, 0.4) is 0 Å². The zero-order valence-electron chi connectivity index (χ0n) is 17.1. The van der Waals surface area contributed by atoms with Crippen LogP contribution < -0.4 is 10.1 Å². The number of nitrogens with one attached hydrogen (secondary N) is 1. The highest BCUT2D eigenvalue weighted by Gasteiger charge is 2.21. The van der Waals surface area contributed by atoms with E-state index in [9.17, 15) is 9.18 Å². The summed E-state index contributed by atoms with van der Waals surface area (Å²) in [7, 11) is 0. The monoisotopic (exact) mass is 420 g/mol. The van der Waals surface area contributed by atoms with Gasteiger partial charge in [0.05, 0.1) is 12.1 Å². The minimum absolute atomic E-state index is 0.0607. The van der Waals surface area contributed by atoms with Gasteiger partial charge in [-0.2, -0.15) is 5.10 Å². The fourth-order valence-corrected chi connectivity index (χ4v) is 3.09. The minimum atomic E-state index is -0.445. The van der Waals surface area contributed by atoms with E-state index in [4.69, 9.17) is 9.26 Å². The number of hydrogen-bond acceptors (Lipinski definition) is 5. The highest BCUT2D eigenvalue weighted by atomic mass is 19.1. The summed E-state index contributed by atoms with van der Waals surface area (Å²) in [6.45, 7) is 4.28. The Hall–Kier alpha value is -3.94. The molecule has 31 heavy (non-hydrogen) atoms. The number of hydrogen-bond donors (Lipinski definition) is 1. The Balaban J connectivity index is 1.45. The van der Waals surface area contributed by atoms with Crippen LogP contribution in [-0.4, -0.2) is 20.8 Å². The Morgan fingerprint density at radius 1 is 1.13 bits per heavy atom. The molecule has 4 rings (SSSR count). The van der Waals surface area contributed by atoms with Crippen molar-refractivity contribution < 1.29 is 18.4 Å². The van der Waals surface area contributed by atoms with Crippen molar-refractivity contribution in [3.05, 3.63) is 94.8 Å². The summed E-state index contributed by atoms with van der Waals surface area (Å²) < 4.78 is 25.7. The second kappa shape index (κ2) is 8.83. The molecule has 1 N–H and O–H groups in total. The van der Waals surface area contributed by atoms with E-state index in [2.05, 4.69) is 15.6 Å². The van der Waals surface area contributed by atoms with E-state index in [1.54, 1.807) is 13.0 Å². The quantitative estimate of drug-likeness (QED) is 0.476. The van der Waals surface area contributed by atoms with Crippen molar-refractivity contribution >= 4 is 11.7 Å². The maximum absolute atomic E-state index is 13.1. The molecule has 8 heteroatoms. The second-order valence-corrected chi connectivity index (χ2v) is 7.08. The number of amides is 1. The molecule has 0 unspecified atom stereocenters. The van der Waals surface area contributed by atoms with E-state index >= 15 is 0 Å². The first-order valence-corrected chi connectivity index (χ1v) is 9.73. The highest BCUT2D eigenvalue weighted by molar-refractivity contribution is 6.03. The summed E-state index contributed by atoms with van der Waals surface area (Å²) in [6.07, 6.45) is 0. The van der Waals surface area contributed by atoms with Crippen molar-refractivity contribution in [2.75, 3.05) is 5.32 Å². The van der Waals surface area contributed by atoms with E-state index in [0.29, 0.717) is 29.4 Å². The van der Waals surface area contributed by atoms with Crippen LogP contribution in [0.25, 0.3) is 0 Å².